The Morgan fingerprint density at radius 3 is 1.81 bits per heavy atom. The Hall–Kier alpha value is -0.240. The summed E-state index contributed by atoms with van der Waals surface area (Å²) < 4.78 is 5.03. The Bertz CT molecular complexity index is 279. The highest BCUT2D eigenvalue weighted by molar-refractivity contribution is 5.17. The maximum Gasteiger partial charge on any atom is 0.221 e. The van der Waals surface area contributed by atoms with Crippen molar-refractivity contribution in [2.45, 2.75) is 56.4 Å². The first kappa shape index (κ1) is 13.8. The highest BCUT2D eigenvalue weighted by Gasteiger charge is 2.70. The van der Waals surface area contributed by atoms with Gasteiger partial charge in [0.2, 0.25) is 5.79 Å². The number of ether oxygens (including phenoxy) is 1. The lowest BCUT2D eigenvalue weighted by molar-refractivity contribution is -0.430. The van der Waals surface area contributed by atoms with Crippen molar-refractivity contribution in [3.8, 4) is 0 Å². The molecule has 0 aromatic heterocycles. The Morgan fingerprint density at radius 1 is 1.00 bits per heavy atom. The molecular formula is C10H20O6. The van der Waals surface area contributed by atoms with Crippen LogP contribution in [0, 0.1) is 0 Å². The molecule has 5 atom stereocenters. The number of aliphatic hydroxyl groups excluding tert-OH is 1. The van der Waals surface area contributed by atoms with Gasteiger partial charge in [-0.25, -0.2) is 0 Å². The van der Waals surface area contributed by atoms with Gasteiger partial charge in [0.1, 0.15) is 23.4 Å². The van der Waals surface area contributed by atoms with Crippen molar-refractivity contribution in [3.63, 3.8) is 0 Å². The van der Waals surface area contributed by atoms with E-state index in [-0.39, 0.29) is 0 Å². The van der Waals surface area contributed by atoms with Gasteiger partial charge in [-0.2, -0.15) is 0 Å². The van der Waals surface area contributed by atoms with Crippen LogP contribution < -0.4 is 0 Å². The minimum atomic E-state index is -2.32. The van der Waals surface area contributed by atoms with Crippen molar-refractivity contribution in [2.24, 2.45) is 0 Å². The second-order valence-electron chi connectivity index (χ2n) is 4.99. The molecular weight excluding hydrogens is 216 g/mol. The molecule has 96 valence electrons. The van der Waals surface area contributed by atoms with Crippen LogP contribution in [-0.2, 0) is 4.74 Å². The normalized spacial score (nSPS) is 58.7. The summed E-state index contributed by atoms with van der Waals surface area (Å²) >= 11 is 0. The van der Waals surface area contributed by atoms with Gasteiger partial charge in [-0.15, -0.1) is 0 Å². The van der Waals surface area contributed by atoms with Gasteiger partial charge in [0.15, 0.2) is 0 Å². The molecule has 1 rings (SSSR count). The predicted molar refractivity (Wildman–Crippen MR) is 54.5 cm³/mol. The fourth-order valence-electron chi connectivity index (χ4n) is 1.98. The van der Waals surface area contributed by atoms with Crippen LogP contribution in [0.15, 0.2) is 0 Å². The van der Waals surface area contributed by atoms with Crippen molar-refractivity contribution >= 4 is 0 Å². The number of hydrogen-bond acceptors (Lipinski definition) is 6. The zero-order valence-corrected chi connectivity index (χ0v) is 9.93. The van der Waals surface area contributed by atoms with E-state index < -0.39 is 35.3 Å². The van der Waals surface area contributed by atoms with Crippen LogP contribution >= 0.6 is 0 Å². The molecule has 0 aromatic carbocycles. The summed E-state index contributed by atoms with van der Waals surface area (Å²) in [5, 5.41) is 49.5. The lowest BCUT2D eigenvalue weighted by Gasteiger charge is -2.60. The molecule has 0 bridgehead atoms. The fourth-order valence-corrected chi connectivity index (χ4v) is 1.98. The van der Waals surface area contributed by atoms with E-state index in [1.54, 1.807) is 0 Å². The molecule has 6 nitrogen and oxygen atoms in total. The molecule has 0 radical (unpaired) electrons. The first-order valence-corrected chi connectivity index (χ1v) is 5.12. The van der Waals surface area contributed by atoms with E-state index in [0.717, 1.165) is 6.92 Å². The van der Waals surface area contributed by atoms with Crippen LogP contribution in [-0.4, -0.2) is 60.8 Å². The lowest BCUT2D eigenvalue weighted by Crippen LogP contribution is -2.81. The molecule has 0 spiro atoms. The van der Waals surface area contributed by atoms with E-state index in [0.29, 0.717) is 0 Å². The second-order valence-corrected chi connectivity index (χ2v) is 4.99. The van der Waals surface area contributed by atoms with Gasteiger partial charge in [-0.1, -0.05) is 0 Å². The quantitative estimate of drug-likeness (QED) is 0.373. The minimum Gasteiger partial charge on any atom is -0.391 e. The maximum absolute atomic E-state index is 10.2. The summed E-state index contributed by atoms with van der Waals surface area (Å²) in [7, 11) is 0. The molecule has 1 fully saturated rings. The monoisotopic (exact) mass is 236 g/mol. The molecule has 1 heterocycles. The van der Waals surface area contributed by atoms with Crippen molar-refractivity contribution in [1.82, 2.24) is 0 Å². The van der Waals surface area contributed by atoms with Crippen molar-refractivity contribution in [2.75, 3.05) is 6.61 Å². The SMILES string of the molecule is C[C@H]1O[C@](O)(CO)[C@](C)(O)[C@](C)(O)[C@]1(C)O. The summed E-state index contributed by atoms with van der Waals surface area (Å²) in [6.45, 7) is 4.13. The second kappa shape index (κ2) is 3.38. The zero-order valence-electron chi connectivity index (χ0n) is 9.93. The summed E-state index contributed by atoms with van der Waals surface area (Å²) in [4.78, 5) is 0. The molecule has 0 saturated carbocycles. The van der Waals surface area contributed by atoms with Gasteiger partial charge in [0.25, 0.3) is 0 Å². The summed E-state index contributed by atoms with van der Waals surface area (Å²) in [5.41, 5.74) is -6.03. The molecule has 0 aliphatic carbocycles. The highest BCUT2D eigenvalue weighted by Crippen LogP contribution is 2.47. The molecule has 0 amide bonds. The largest absolute Gasteiger partial charge is 0.391 e. The highest BCUT2D eigenvalue weighted by atomic mass is 16.7. The molecule has 0 unspecified atom stereocenters. The minimum absolute atomic E-state index is 0.892. The Kier molecular flexibility index (Phi) is 2.92. The summed E-state index contributed by atoms with van der Waals surface area (Å²) in [6, 6.07) is 0. The van der Waals surface area contributed by atoms with E-state index in [9.17, 15) is 20.4 Å². The van der Waals surface area contributed by atoms with Crippen LogP contribution in [0.4, 0.5) is 0 Å². The maximum atomic E-state index is 10.2. The molecule has 16 heavy (non-hydrogen) atoms. The first-order valence-electron chi connectivity index (χ1n) is 5.12. The average molecular weight is 236 g/mol. The average Bonchev–Trinajstić information content (AvgIpc) is 2.14. The van der Waals surface area contributed by atoms with Gasteiger partial charge in [-0.3, -0.25) is 0 Å². The van der Waals surface area contributed by atoms with E-state index in [2.05, 4.69) is 0 Å². The van der Waals surface area contributed by atoms with Gasteiger partial charge in [0.05, 0.1) is 6.10 Å². The number of hydrogen-bond donors (Lipinski definition) is 5. The van der Waals surface area contributed by atoms with Crippen LogP contribution in [0.3, 0.4) is 0 Å². The number of aliphatic hydroxyl groups is 5. The Morgan fingerprint density at radius 2 is 1.44 bits per heavy atom. The van der Waals surface area contributed by atoms with Gasteiger partial charge < -0.3 is 30.3 Å². The molecule has 1 saturated heterocycles. The number of rotatable bonds is 1. The third-order valence-corrected chi connectivity index (χ3v) is 4.07. The van der Waals surface area contributed by atoms with Gasteiger partial charge in [-0.05, 0) is 27.7 Å². The predicted octanol–water partition coefficient (Wildman–Crippen LogP) is -1.66. The third-order valence-electron chi connectivity index (χ3n) is 4.07. The Labute approximate surface area is 94.1 Å². The summed E-state index contributed by atoms with van der Waals surface area (Å²) in [6.07, 6.45) is -0.958. The molecule has 1 aliphatic heterocycles. The summed E-state index contributed by atoms with van der Waals surface area (Å²) in [5.74, 6) is -2.32. The molecule has 6 heteroatoms. The van der Waals surface area contributed by atoms with E-state index in [1.165, 1.54) is 20.8 Å². The lowest BCUT2D eigenvalue weighted by atomic mass is 9.65. The molecule has 1 aliphatic rings. The van der Waals surface area contributed by atoms with E-state index in [4.69, 9.17) is 9.84 Å². The van der Waals surface area contributed by atoms with E-state index >= 15 is 0 Å². The van der Waals surface area contributed by atoms with Gasteiger partial charge >= 0.3 is 0 Å². The molecule has 5 N–H and O–H groups in total. The van der Waals surface area contributed by atoms with Crippen molar-refractivity contribution in [1.29, 1.82) is 0 Å². The van der Waals surface area contributed by atoms with Crippen LogP contribution in [0.5, 0.6) is 0 Å². The fraction of sp³-hybridized carbons (Fsp3) is 1.00. The Balaban J connectivity index is 3.32. The van der Waals surface area contributed by atoms with Crippen molar-refractivity contribution in [3.05, 3.63) is 0 Å². The molecule has 0 aromatic rings. The topological polar surface area (TPSA) is 110 Å². The third kappa shape index (κ3) is 1.35. The zero-order chi connectivity index (χ0) is 13.0. The van der Waals surface area contributed by atoms with Crippen LogP contribution in [0.2, 0.25) is 0 Å². The first-order chi connectivity index (χ1) is 6.94. The smallest absolute Gasteiger partial charge is 0.221 e. The van der Waals surface area contributed by atoms with Crippen LogP contribution in [0.1, 0.15) is 27.7 Å². The van der Waals surface area contributed by atoms with Gasteiger partial charge in [0, 0.05) is 0 Å². The van der Waals surface area contributed by atoms with Crippen molar-refractivity contribution < 1.29 is 30.3 Å². The standard InChI is InChI=1S/C10H20O6/c1-6-7(2,12)8(3,13)9(4,14)10(15,5-11)16-6/h6,11-15H,5H2,1-4H3/t6-,7-,8-,9-,10-/m1/s1. The van der Waals surface area contributed by atoms with E-state index in [1.807, 2.05) is 0 Å². The van der Waals surface area contributed by atoms with Crippen LogP contribution in [0.25, 0.3) is 0 Å².